The summed E-state index contributed by atoms with van der Waals surface area (Å²) in [6, 6.07) is 6.98. The Balaban J connectivity index is 1.94. The third-order valence-electron chi connectivity index (χ3n) is 4.53. The van der Waals surface area contributed by atoms with Crippen LogP contribution in [0.4, 0.5) is 0 Å². The number of benzene rings is 1. The number of unbranched alkanes of at least 4 members (excludes halogenated alkanes) is 1. The van der Waals surface area contributed by atoms with Crippen molar-refractivity contribution in [2.45, 2.75) is 57.9 Å². The molecule has 1 aromatic rings. The Labute approximate surface area is 131 Å². The van der Waals surface area contributed by atoms with Crippen LogP contribution >= 0.6 is 0 Å². The molecule has 0 bridgehead atoms. The van der Waals surface area contributed by atoms with E-state index in [1.54, 1.807) is 24.3 Å². The molecule has 0 spiro atoms. The standard InChI is InChI=1S/C18H25NO3/c1-2-3-7-13-9-6-11-16(13)19-17(20)12-14-8-4-5-10-15(14)18(21)22/h4-5,8,10,13,16H,2-3,6-7,9,11-12H2,1H3,(H,19,20)(H,21,22). The maximum absolute atomic E-state index is 12.3. The molecule has 4 heteroatoms. The Morgan fingerprint density at radius 1 is 1.27 bits per heavy atom. The van der Waals surface area contributed by atoms with E-state index in [-0.39, 0.29) is 23.9 Å². The highest BCUT2D eigenvalue weighted by atomic mass is 16.4. The molecule has 0 radical (unpaired) electrons. The van der Waals surface area contributed by atoms with Gasteiger partial charge >= 0.3 is 5.97 Å². The fraction of sp³-hybridized carbons (Fsp3) is 0.556. The second-order valence-corrected chi connectivity index (χ2v) is 6.15. The molecule has 0 aliphatic heterocycles. The molecular weight excluding hydrogens is 278 g/mol. The fourth-order valence-electron chi connectivity index (χ4n) is 3.35. The average molecular weight is 303 g/mol. The first-order chi connectivity index (χ1) is 10.6. The minimum absolute atomic E-state index is 0.0675. The van der Waals surface area contributed by atoms with Crippen molar-refractivity contribution >= 4 is 11.9 Å². The lowest BCUT2D eigenvalue weighted by Gasteiger charge is -2.21. The van der Waals surface area contributed by atoms with E-state index in [1.165, 1.54) is 32.1 Å². The molecule has 2 atom stereocenters. The molecule has 1 fully saturated rings. The maximum Gasteiger partial charge on any atom is 0.335 e. The van der Waals surface area contributed by atoms with Crippen LogP contribution in [0.15, 0.2) is 24.3 Å². The number of amides is 1. The minimum Gasteiger partial charge on any atom is -0.478 e. The molecule has 0 saturated heterocycles. The maximum atomic E-state index is 12.3. The molecule has 1 aliphatic carbocycles. The smallest absolute Gasteiger partial charge is 0.335 e. The van der Waals surface area contributed by atoms with E-state index < -0.39 is 5.97 Å². The van der Waals surface area contributed by atoms with Gasteiger partial charge in [-0.25, -0.2) is 4.79 Å². The van der Waals surface area contributed by atoms with Crippen LogP contribution in [0.25, 0.3) is 0 Å². The first-order valence-electron chi connectivity index (χ1n) is 8.22. The van der Waals surface area contributed by atoms with Gasteiger partial charge in [0.25, 0.3) is 0 Å². The van der Waals surface area contributed by atoms with E-state index in [4.69, 9.17) is 0 Å². The summed E-state index contributed by atoms with van der Waals surface area (Å²) in [6.45, 7) is 2.19. The number of carboxylic acids is 1. The van der Waals surface area contributed by atoms with Crippen molar-refractivity contribution in [1.82, 2.24) is 5.32 Å². The zero-order valence-electron chi connectivity index (χ0n) is 13.2. The van der Waals surface area contributed by atoms with Gasteiger partial charge in [-0.1, -0.05) is 44.4 Å². The molecule has 2 rings (SSSR count). The molecule has 120 valence electrons. The summed E-state index contributed by atoms with van der Waals surface area (Å²) in [5.74, 6) is -0.467. The normalized spacial score (nSPS) is 20.8. The van der Waals surface area contributed by atoms with Crippen molar-refractivity contribution in [3.8, 4) is 0 Å². The van der Waals surface area contributed by atoms with Crippen LogP contribution in [0.5, 0.6) is 0 Å². The van der Waals surface area contributed by atoms with E-state index in [1.807, 2.05) is 0 Å². The summed E-state index contributed by atoms with van der Waals surface area (Å²) in [5.41, 5.74) is 0.794. The molecule has 22 heavy (non-hydrogen) atoms. The molecule has 2 unspecified atom stereocenters. The van der Waals surface area contributed by atoms with Crippen molar-refractivity contribution in [1.29, 1.82) is 0 Å². The molecule has 0 heterocycles. The second-order valence-electron chi connectivity index (χ2n) is 6.15. The summed E-state index contributed by atoms with van der Waals surface area (Å²) in [7, 11) is 0. The van der Waals surface area contributed by atoms with Crippen molar-refractivity contribution in [2.75, 3.05) is 0 Å². The SMILES string of the molecule is CCCCC1CCCC1NC(=O)Cc1ccccc1C(=O)O. The van der Waals surface area contributed by atoms with Crippen LogP contribution in [0.3, 0.4) is 0 Å². The third-order valence-corrected chi connectivity index (χ3v) is 4.53. The number of carbonyl (C=O) groups excluding carboxylic acids is 1. The molecule has 1 aromatic carbocycles. The Kier molecular flexibility index (Phi) is 5.99. The predicted octanol–water partition coefficient (Wildman–Crippen LogP) is 3.40. The van der Waals surface area contributed by atoms with Crippen molar-refractivity contribution < 1.29 is 14.7 Å². The zero-order chi connectivity index (χ0) is 15.9. The third kappa shape index (κ3) is 4.33. The summed E-state index contributed by atoms with van der Waals surface area (Å²) >= 11 is 0. The lowest BCUT2D eigenvalue weighted by Crippen LogP contribution is -2.38. The Bertz CT molecular complexity index is 527. The summed E-state index contributed by atoms with van der Waals surface area (Å²) in [6.07, 6.45) is 7.11. The van der Waals surface area contributed by atoms with Crippen LogP contribution in [0.1, 0.15) is 61.4 Å². The van der Waals surface area contributed by atoms with Gasteiger partial charge in [-0.2, -0.15) is 0 Å². The van der Waals surface area contributed by atoms with Gasteiger partial charge in [0.05, 0.1) is 12.0 Å². The van der Waals surface area contributed by atoms with Gasteiger partial charge in [0.15, 0.2) is 0 Å². The van der Waals surface area contributed by atoms with Crippen LogP contribution in [-0.2, 0) is 11.2 Å². The monoisotopic (exact) mass is 303 g/mol. The summed E-state index contributed by atoms with van der Waals surface area (Å²) < 4.78 is 0. The Hall–Kier alpha value is -1.84. The molecule has 1 saturated carbocycles. The Morgan fingerprint density at radius 3 is 2.77 bits per heavy atom. The molecule has 4 nitrogen and oxygen atoms in total. The predicted molar refractivity (Wildman–Crippen MR) is 85.9 cm³/mol. The van der Waals surface area contributed by atoms with Crippen LogP contribution in [-0.4, -0.2) is 23.0 Å². The molecule has 1 aliphatic rings. The lowest BCUT2D eigenvalue weighted by molar-refractivity contribution is -0.121. The van der Waals surface area contributed by atoms with Gasteiger partial charge in [-0.3, -0.25) is 4.79 Å². The van der Waals surface area contributed by atoms with Crippen LogP contribution < -0.4 is 5.32 Å². The van der Waals surface area contributed by atoms with Gasteiger partial charge in [-0.05, 0) is 36.8 Å². The summed E-state index contributed by atoms with van der Waals surface area (Å²) in [5, 5.41) is 12.3. The number of hydrogen-bond donors (Lipinski definition) is 2. The van der Waals surface area contributed by atoms with Crippen molar-refractivity contribution in [3.63, 3.8) is 0 Å². The minimum atomic E-state index is -0.981. The van der Waals surface area contributed by atoms with E-state index in [2.05, 4.69) is 12.2 Å². The zero-order valence-corrected chi connectivity index (χ0v) is 13.2. The Morgan fingerprint density at radius 2 is 2.05 bits per heavy atom. The van der Waals surface area contributed by atoms with Gasteiger partial charge in [0.1, 0.15) is 0 Å². The first kappa shape index (κ1) is 16.5. The van der Waals surface area contributed by atoms with Crippen LogP contribution in [0, 0.1) is 5.92 Å². The van der Waals surface area contributed by atoms with Gasteiger partial charge < -0.3 is 10.4 Å². The number of carbonyl (C=O) groups is 2. The largest absolute Gasteiger partial charge is 0.478 e. The highest BCUT2D eigenvalue weighted by Gasteiger charge is 2.28. The lowest BCUT2D eigenvalue weighted by atomic mass is 9.96. The number of aromatic carboxylic acids is 1. The number of rotatable bonds is 7. The van der Waals surface area contributed by atoms with E-state index in [0.717, 1.165) is 6.42 Å². The van der Waals surface area contributed by atoms with E-state index in [9.17, 15) is 14.7 Å². The molecule has 1 amide bonds. The highest BCUT2D eigenvalue weighted by Crippen LogP contribution is 2.30. The van der Waals surface area contributed by atoms with Crippen molar-refractivity contribution in [3.05, 3.63) is 35.4 Å². The van der Waals surface area contributed by atoms with Crippen LogP contribution in [0.2, 0.25) is 0 Å². The number of hydrogen-bond acceptors (Lipinski definition) is 2. The first-order valence-corrected chi connectivity index (χ1v) is 8.22. The fourth-order valence-corrected chi connectivity index (χ4v) is 3.35. The number of nitrogens with one attached hydrogen (secondary N) is 1. The quantitative estimate of drug-likeness (QED) is 0.811. The second kappa shape index (κ2) is 7.97. The van der Waals surface area contributed by atoms with E-state index in [0.29, 0.717) is 11.5 Å². The molecule has 2 N–H and O–H groups in total. The molecular formula is C18H25NO3. The summed E-state index contributed by atoms with van der Waals surface area (Å²) in [4.78, 5) is 23.4. The average Bonchev–Trinajstić information content (AvgIpc) is 2.92. The number of carboxylic acid groups (broad SMARTS) is 1. The topological polar surface area (TPSA) is 66.4 Å². The van der Waals surface area contributed by atoms with Gasteiger partial charge in [0, 0.05) is 6.04 Å². The molecule has 0 aromatic heterocycles. The van der Waals surface area contributed by atoms with Crippen molar-refractivity contribution in [2.24, 2.45) is 5.92 Å². The highest BCUT2D eigenvalue weighted by molar-refractivity contribution is 5.91. The van der Waals surface area contributed by atoms with E-state index >= 15 is 0 Å². The van der Waals surface area contributed by atoms with Gasteiger partial charge in [0.2, 0.25) is 5.91 Å². The van der Waals surface area contributed by atoms with Gasteiger partial charge in [-0.15, -0.1) is 0 Å².